The summed E-state index contributed by atoms with van der Waals surface area (Å²) in [6, 6.07) is 20.6. The summed E-state index contributed by atoms with van der Waals surface area (Å²) in [5, 5.41) is 13.2. The Labute approximate surface area is 247 Å². The Balaban J connectivity index is 2.07. The van der Waals surface area contributed by atoms with Gasteiger partial charge in [0, 0.05) is 43.1 Å². The number of rotatable bonds is 11. The monoisotopic (exact) mass is 612 g/mol. The molecule has 0 heterocycles. The number of fused-ring (bicyclic) bond motifs is 1. The zero-order chi connectivity index (χ0) is 30.9. The quantitative estimate of drug-likeness (QED) is 0.152. The van der Waals surface area contributed by atoms with Crippen molar-refractivity contribution in [3.8, 4) is 0 Å². The van der Waals surface area contributed by atoms with E-state index in [9.17, 15) is 31.0 Å². The zero-order valence-electron chi connectivity index (χ0n) is 24.0. The summed E-state index contributed by atoms with van der Waals surface area (Å²) >= 11 is 0. The van der Waals surface area contributed by atoms with Crippen molar-refractivity contribution in [3.63, 3.8) is 0 Å². The van der Waals surface area contributed by atoms with Crippen molar-refractivity contribution in [3.05, 3.63) is 95.6 Å². The van der Waals surface area contributed by atoms with E-state index in [1.807, 2.05) is 52.0 Å². The normalized spacial score (nSPS) is 12.5. The fourth-order valence-electron chi connectivity index (χ4n) is 5.41. The third-order valence-electron chi connectivity index (χ3n) is 7.71. The average molecular weight is 613 g/mol. The van der Waals surface area contributed by atoms with Crippen LogP contribution >= 0.6 is 0 Å². The van der Waals surface area contributed by atoms with Gasteiger partial charge >= 0.3 is 0 Å². The maximum absolute atomic E-state index is 12.8. The van der Waals surface area contributed by atoms with Crippen molar-refractivity contribution in [2.75, 3.05) is 36.0 Å². The Kier molecular flexibility index (Phi) is 9.00. The van der Waals surface area contributed by atoms with Crippen LogP contribution in [0.3, 0.4) is 0 Å². The van der Waals surface area contributed by atoms with Crippen LogP contribution in [0.4, 0.5) is 11.4 Å². The summed E-state index contributed by atoms with van der Waals surface area (Å²) in [5.74, 6) is 0. The number of hydrogen-bond acceptors (Lipinski definition) is 7. The molecular formula is C31H36N2O7S2. The smallest absolute Gasteiger partial charge is 0.294 e. The highest BCUT2D eigenvalue weighted by Crippen LogP contribution is 2.42. The van der Waals surface area contributed by atoms with E-state index < -0.39 is 35.6 Å². The van der Waals surface area contributed by atoms with Crippen LogP contribution in [-0.4, -0.2) is 57.2 Å². The van der Waals surface area contributed by atoms with E-state index in [-0.39, 0.29) is 10.9 Å². The van der Waals surface area contributed by atoms with Gasteiger partial charge in [-0.3, -0.25) is 9.11 Å². The van der Waals surface area contributed by atoms with Crippen molar-refractivity contribution < 1.29 is 31.0 Å². The topological polar surface area (TPSA) is 135 Å². The minimum atomic E-state index is -4.78. The summed E-state index contributed by atoms with van der Waals surface area (Å²) in [5.41, 5.74) is 0.931. The molecule has 11 heteroatoms. The highest BCUT2D eigenvalue weighted by atomic mass is 32.2. The van der Waals surface area contributed by atoms with Crippen LogP contribution in [0.1, 0.15) is 44.4 Å². The standard InChI is InChI=1S/C31H36N2O7S2/c1-5-32(6-2)25-13-9-23(10-14-25)31(34,24-11-15-26(16-12-24)33(7-3)8-4)30-21-28(42(38,39)40)20-22-19-27(41(35,36)37)17-18-29(22)30/h9-21,34H,5-8H2,1-4H3,(H,35,36,37)(H,38,39,40). The molecule has 0 aromatic heterocycles. The Bertz CT molecular complexity index is 1720. The maximum Gasteiger partial charge on any atom is 0.294 e. The van der Waals surface area contributed by atoms with Crippen LogP contribution in [0, 0.1) is 0 Å². The van der Waals surface area contributed by atoms with Gasteiger partial charge in [-0.15, -0.1) is 0 Å². The lowest BCUT2D eigenvalue weighted by Crippen LogP contribution is -2.30. The predicted octanol–water partition coefficient (Wildman–Crippen LogP) is 5.31. The van der Waals surface area contributed by atoms with Gasteiger partial charge in [-0.25, -0.2) is 0 Å². The molecule has 3 N–H and O–H groups in total. The Morgan fingerprint density at radius 3 is 1.38 bits per heavy atom. The van der Waals surface area contributed by atoms with E-state index in [1.165, 1.54) is 18.2 Å². The fourth-order valence-corrected chi connectivity index (χ4v) is 6.47. The largest absolute Gasteiger partial charge is 0.376 e. The van der Waals surface area contributed by atoms with E-state index in [0.29, 0.717) is 16.5 Å². The maximum atomic E-state index is 12.8. The number of aliphatic hydroxyl groups is 1. The molecule has 0 radical (unpaired) electrons. The molecule has 0 aliphatic heterocycles. The van der Waals surface area contributed by atoms with Gasteiger partial charge in [0.05, 0.1) is 9.79 Å². The van der Waals surface area contributed by atoms with Gasteiger partial charge < -0.3 is 14.9 Å². The van der Waals surface area contributed by atoms with Crippen molar-refractivity contribution >= 4 is 42.4 Å². The third kappa shape index (κ3) is 6.02. The minimum Gasteiger partial charge on any atom is -0.376 e. The molecule has 0 spiro atoms. The molecule has 0 saturated carbocycles. The minimum absolute atomic E-state index is 0.0909. The molecule has 0 aliphatic rings. The summed E-state index contributed by atoms with van der Waals surface area (Å²) < 4.78 is 68.2. The Hall–Kier alpha value is -3.48. The van der Waals surface area contributed by atoms with E-state index in [1.54, 1.807) is 24.3 Å². The Morgan fingerprint density at radius 1 is 0.595 bits per heavy atom. The predicted molar refractivity (Wildman–Crippen MR) is 166 cm³/mol. The van der Waals surface area contributed by atoms with Crippen molar-refractivity contribution in [1.82, 2.24) is 0 Å². The molecule has 0 aliphatic carbocycles. The van der Waals surface area contributed by atoms with Gasteiger partial charge in [0.25, 0.3) is 20.2 Å². The van der Waals surface area contributed by atoms with Gasteiger partial charge in [0.1, 0.15) is 5.60 Å². The molecule has 9 nitrogen and oxygen atoms in total. The molecular weight excluding hydrogens is 576 g/mol. The molecule has 4 rings (SSSR count). The SMILES string of the molecule is CCN(CC)c1ccc(C(O)(c2ccc(N(CC)CC)cc2)c2cc(S(=O)(=O)O)cc3cc(S(=O)(=O)O)ccc23)cc1. The first-order chi connectivity index (χ1) is 19.8. The summed E-state index contributed by atoms with van der Waals surface area (Å²) in [4.78, 5) is 3.31. The molecule has 0 atom stereocenters. The number of nitrogens with zero attached hydrogens (tertiary/aromatic N) is 2. The molecule has 224 valence electrons. The van der Waals surface area contributed by atoms with Crippen molar-refractivity contribution in [2.24, 2.45) is 0 Å². The summed E-state index contributed by atoms with van der Waals surface area (Å²) in [7, 11) is -9.39. The molecule has 0 unspecified atom stereocenters. The number of hydrogen-bond donors (Lipinski definition) is 3. The van der Waals surface area contributed by atoms with E-state index in [4.69, 9.17) is 0 Å². The van der Waals surface area contributed by atoms with Crippen LogP contribution < -0.4 is 9.80 Å². The molecule has 0 amide bonds. The Morgan fingerprint density at radius 2 is 1.00 bits per heavy atom. The molecule has 0 fully saturated rings. The van der Waals surface area contributed by atoms with Crippen LogP contribution in [-0.2, 0) is 25.8 Å². The van der Waals surface area contributed by atoms with Crippen LogP contribution in [0.25, 0.3) is 10.8 Å². The van der Waals surface area contributed by atoms with E-state index in [2.05, 4.69) is 9.80 Å². The molecule has 0 saturated heterocycles. The van der Waals surface area contributed by atoms with Gasteiger partial charge in [0.2, 0.25) is 0 Å². The molecule has 4 aromatic rings. The van der Waals surface area contributed by atoms with Crippen molar-refractivity contribution in [1.29, 1.82) is 0 Å². The lowest BCUT2D eigenvalue weighted by molar-refractivity contribution is 0.127. The lowest BCUT2D eigenvalue weighted by Gasteiger charge is -2.33. The second-order valence-corrected chi connectivity index (χ2v) is 12.8. The highest BCUT2D eigenvalue weighted by Gasteiger charge is 2.37. The highest BCUT2D eigenvalue weighted by molar-refractivity contribution is 7.86. The third-order valence-corrected chi connectivity index (χ3v) is 9.39. The first-order valence-electron chi connectivity index (χ1n) is 13.7. The summed E-state index contributed by atoms with van der Waals surface area (Å²) in [6.07, 6.45) is 0. The van der Waals surface area contributed by atoms with Crippen LogP contribution in [0.5, 0.6) is 0 Å². The van der Waals surface area contributed by atoms with Gasteiger partial charge in [0.15, 0.2) is 0 Å². The first kappa shape index (κ1) is 31.5. The summed E-state index contributed by atoms with van der Waals surface area (Å²) in [6.45, 7) is 11.3. The first-order valence-corrected chi connectivity index (χ1v) is 16.6. The van der Waals surface area contributed by atoms with Crippen LogP contribution in [0.2, 0.25) is 0 Å². The average Bonchev–Trinajstić information content (AvgIpc) is 2.97. The van der Waals surface area contributed by atoms with E-state index >= 15 is 0 Å². The van der Waals surface area contributed by atoms with Crippen molar-refractivity contribution in [2.45, 2.75) is 43.1 Å². The number of anilines is 2. The molecule has 0 bridgehead atoms. The zero-order valence-corrected chi connectivity index (χ0v) is 25.7. The molecule has 4 aromatic carbocycles. The number of benzene rings is 4. The van der Waals surface area contributed by atoms with Gasteiger partial charge in [-0.1, -0.05) is 30.3 Å². The molecule has 42 heavy (non-hydrogen) atoms. The van der Waals surface area contributed by atoms with Gasteiger partial charge in [-0.05, 0) is 98.1 Å². The fraction of sp³-hybridized carbons (Fsp3) is 0.290. The second-order valence-electron chi connectivity index (χ2n) is 9.95. The lowest BCUT2D eigenvalue weighted by atomic mass is 9.78. The van der Waals surface area contributed by atoms with Crippen LogP contribution in [0.15, 0.2) is 88.7 Å². The second kappa shape index (κ2) is 12.0. The van der Waals surface area contributed by atoms with E-state index in [0.717, 1.165) is 49.7 Å². The van der Waals surface area contributed by atoms with Gasteiger partial charge in [-0.2, -0.15) is 16.8 Å².